The predicted octanol–water partition coefficient (Wildman–Crippen LogP) is 4.68. The predicted molar refractivity (Wildman–Crippen MR) is 123 cm³/mol. The third-order valence-corrected chi connectivity index (χ3v) is 6.13. The Balaban J connectivity index is 1.57. The van der Waals surface area contributed by atoms with Crippen molar-refractivity contribution < 1.29 is 9.53 Å². The first-order chi connectivity index (χ1) is 14.6. The molecule has 1 aliphatic heterocycles. The van der Waals surface area contributed by atoms with E-state index in [0.29, 0.717) is 6.42 Å². The Morgan fingerprint density at radius 1 is 1.20 bits per heavy atom. The first kappa shape index (κ1) is 22.5. The van der Waals surface area contributed by atoms with Gasteiger partial charge in [0.25, 0.3) is 0 Å². The Kier molecular flexibility index (Phi) is 8.50. The molecule has 0 spiro atoms. The Hall–Kier alpha value is -2.14. The smallest absolute Gasteiger partial charge is 0.223 e. The van der Waals surface area contributed by atoms with Gasteiger partial charge in [-0.2, -0.15) is 0 Å². The summed E-state index contributed by atoms with van der Waals surface area (Å²) < 4.78 is 6.47. The lowest BCUT2D eigenvalue weighted by atomic mass is 10.0. The van der Waals surface area contributed by atoms with E-state index in [1.807, 2.05) is 31.0 Å². The highest BCUT2D eigenvalue weighted by molar-refractivity contribution is 5.85. The number of amides is 1. The second kappa shape index (κ2) is 11.3. The van der Waals surface area contributed by atoms with E-state index in [-0.39, 0.29) is 12.0 Å². The van der Waals surface area contributed by atoms with E-state index >= 15 is 0 Å². The number of carbonyl (C=O) groups is 1. The Morgan fingerprint density at radius 2 is 1.97 bits per heavy atom. The van der Waals surface area contributed by atoms with Crippen LogP contribution in [0.3, 0.4) is 0 Å². The van der Waals surface area contributed by atoms with Crippen LogP contribution < -0.4 is 4.74 Å². The second-order valence-corrected chi connectivity index (χ2v) is 8.25. The van der Waals surface area contributed by atoms with E-state index in [4.69, 9.17) is 4.74 Å². The normalized spacial score (nSPS) is 15.4. The molecule has 2 aromatic rings. The highest BCUT2D eigenvalue weighted by atomic mass is 16.5. The number of aryl methyl sites for hydroxylation is 1. The molecule has 1 aromatic carbocycles. The number of ether oxygens (including phenoxy) is 1. The Morgan fingerprint density at radius 3 is 2.67 bits per heavy atom. The molecule has 0 saturated carbocycles. The maximum atomic E-state index is 12.3. The summed E-state index contributed by atoms with van der Waals surface area (Å²) in [5.74, 6) is 1.19. The van der Waals surface area contributed by atoms with Crippen LogP contribution in [-0.2, 0) is 11.2 Å². The number of fused-ring (bicyclic) bond motifs is 1. The first-order valence-electron chi connectivity index (χ1n) is 11.7. The van der Waals surface area contributed by atoms with Crippen molar-refractivity contribution in [3.05, 3.63) is 36.0 Å². The van der Waals surface area contributed by atoms with Gasteiger partial charge < -0.3 is 14.5 Å². The van der Waals surface area contributed by atoms with Crippen molar-refractivity contribution in [3.8, 4) is 5.75 Å². The van der Waals surface area contributed by atoms with Gasteiger partial charge in [-0.1, -0.05) is 19.4 Å². The minimum atomic E-state index is 0.214. The topological polar surface area (TPSA) is 45.7 Å². The maximum absolute atomic E-state index is 12.3. The van der Waals surface area contributed by atoms with Gasteiger partial charge in [0.05, 0.1) is 0 Å². The number of unbranched alkanes of at least 4 members (excludes halogenated alkanes) is 1. The highest BCUT2D eigenvalue weighted by Crippen LogP contribution is 2.29. The van der Waals surface area contributed by atoms with E-state index in [9.17, 15) is 4.79 Å². The van der Waals surface area contributed by atoms with Crippen LogP contribution in [-0.4, -0.2) is 59.5 Å². The minimum Gasteiger partial charge on any atom is -0.488 e. The fourth-order valence-electron chi connectivity index (χ4n) is 4.25. The molecule has 5 heteroatoms. The number of hydrogen-bond acceptors (Lipinski definition) is 4. The van der Waals surface area contributed by atoms with Crippen molar-refractivity contribution >= 4 is 16.8 Å². The lowest BCUT2D eigenvalue weighted by Gasteiger charge is -2.32. The summed E-state index contributed by atoms with van der Waals surface area (Å²) in [5, 5.41) is 1.16. The summed E-state index contributed by atoms with van der Waals surface area (Å²) in [7, 11) is 0. The van der Waals surface area contributed by atoms with Gasteiger partial charge in [-0.25, -0.2) is 0 Å². The van der Waals surface area contributed by atoms with Crippen LogP contribution in [0, 0.1) is 0 Å². The van der Waals surface area contributed by atoms with Crippen molar-refractivity contribution in [1.29, 1.82) is 0 Å². The SMILES string of the molecule is CCCCc1cc(OC2CCN(CCC(=O)N(CC)CC)CC2)c2ncccc2c1. The molecule has 1 fully saturated rings. The molecule has 5 nitrogen and oxygen atoms in total. The first-order valence-corrected chi connectivity index (χ1v) is 11.7. The molecular formula is C25H37N3O2. The number of carbonyl (C=O) groups excluding carboxylic acids is 1. The number of likely N-dealkylation sites (tertiary alicyclic amines) is 1. The van der Waals surface area contributed by atoms with Crippen molar-refractivity contribution in [1.82, 2.24) is 14.8 Å². The zero-order valence-electron chi connectivity index (χ0n) is 18.9. The molecule has 0 atom stereocenters. The quantitative estimate of drug-likeness (QED) is 0.569. The minimum absolute atomic E-state index is 0.214. The van der Waals surface area contributed by atoms with E-state index < -0.39 is 0 Å². The molecular weight excluding hydrogens is 374 g/mol. The fraction of sp³-hybridized carbons (Fsp3) is 0.600. The van der Waals surface area contributed by atoms with Gasteiger partial charge in [0, 0.05) is 50.7 Å². The summed E-state index contributed by atoms with van der Waals surface area (Å²) >= 11 is 0. The van der Waals surface area contributed by atoms with Crippen LogP contribution in [0.4, 0.5) is 0 Å². The van der Waals surface area contributed by atoms with Gasteiger partial charge in [-0.3, -0.25) is 9.78 Å². The molecule has 2 heterocycles. The molecule has 0 radical (unpaired) electrons. The molecule has 1 saturated heterocycles. The van der Waals surface area contributed by atoms with Gasteiger partial charge in [-0.05, 0) is 63.3 Å². The van der Waals surface area contributed by atoms with Crippen LogP contribution in [0.25, 0.3) is 10.9 Å². The van der Waals surface area contributed by atoms with Gasteiger partial charge >= 0.3 is 0 Å². The van der Waals surface area contributed by atoms with E-state index in [2.05, 4.69) is 35.0 Å². The number of hydrogen-bond donors (Lipinski definition) is 0. The summed E-state index contributed by atoms with van der Waals surface area (Å²) in [5.41, 5.74) is 2.30. The zero-order chi connectivity index (χ0) is 21.3. The van der Waals surface area contributed by atoms with Gasteiger partial charge in [-0.15, -0.1) is 0 Å². The number of piperidine rings is 1. The molecule has 0 unspecified atom stereocenters. The summed E-state index contributed by atoms with van der Waals surface area (Å²) in [6, 6.07) is 8.56. The molecule has 0 N–H and O–H groups in total. The van der Waals surface area contributed by atoms with Crippen LogP contribution in [0.15, 0.2) is 30.5 Å². The molecule has 1 amide bonds. The Bertz CT molecular complexity index is 811. The number of aromatic nitrogens is 1. The molecule has 30 heavy (non-hydrogen) atoms. The lowest BCUT2D eigenvalue weighted by Crippen LogP contribution is -2.40. The van der Waals surface area contributed by atoms with Crippen LogP contribution >= 0.6 is 0 Å². The number of rotatable bonds is 10. The third kappa shape index (κ3) is 5.94. The third-order valence-electron chi connectivity index (χ3n) is 6.13. The van der Waals surface area contributed by atoms with Crippen LogP contribution in [0.1, 0.15) is 58.4 Å². The molecule has 0 aliphatic carbocycles. The maximum Gasteiger partial charge on any atom is 0.223 e. The van der Waals surface area contributed by atoms with Crippen molar-refractivity contribution in [2.45, 2.75) is 65.4 Å². The second-order valence-electron chi connectivity index (χ2n) is 8.25. The zero-order valence-corrected chi connectivity index (χ0v) is 18.9. The fourth-order valence-corrected chi connectivity index (χ4v) is 4.25. The summed E-state index contributed by atoms with van der Waals surface area (Å²) in [6.07, 6.45) is 8.12. The van der Waals surface area contributed by atoms with E-state index in [1.54, 1.807) is 0 Å². The number of pyridine rings is 1. The lowest BCUT2D eigenvalue weighted by molar-refractivity contribution is -0.131. The number of nitrogens with zero attached hydrogens (tertiary/aromatic N) is 3. The van der Waals surface area contributed by atoms with Gasteiger partial charge in [0.15, 0.2) is 0 Å². The highest BCUT2D eigenvalue weighted by Gasteiger charge is 2.22. The van der Waals surface area contributed by atoms with Crippen LogP contribution in [0.5, 0.6) is 5.75 Å². The average molecular weight is 412 g/mol. The monoisotopic (exact) mass is 411 g/mol. The van der Waals surface area contributed by atoms with Gasteiger partial charge in [0.1, 0.15) is 17.4 Å². The molecule has 3 rings (SSSR count). The molecule has 164 valence electrons. The standard InChI is InChI=1S/C25H37N3O2/c1-4-7-9-20-18-21-10-8-14-26-25(21)23(19-20)30-22-11-15-27(16-12-22)17-13-24(29)28(5-2)6-3/h8,10,14,18-19,22H,4-7,9,11-13,15-17H2,1-3H3. The van der Waals surface area contributed by atoms with Crippen molar-refractivity contribution in [2.24, 2.45) is 0 Å². The van der Waals surface area contributed by atoms with Crippen LogP contribution in [0.2, 0.25) is 0 Å². The molecule has 0 bridgehead atoms. The van der Waals surface area contributed by atoms with E-state index in [0.717, 1.165) is 68.6 Å². The number of benzene rings is 1. The Labute approximate surface area is 181 Å². The summed E-state index contributed by atoms with van der Waals surface area (Å²) in [4.78, 5) is 21.2. The average Bonchev–Trinajstić information content (AvgIpc) is 2.78. The molecule has 1 aliphatic rings. The molecule has 1 aromatic heterocycles. The van der Waals surface area contributed by atoms with E-state index in [1.165, 1.54) is 18.4 Å². The largest absolute Gasteiger partial charge is 0.488 e. The van der Waals surface area contributed by atoms with Crippen molar-refractivity contribution in [2.75, 3.05) is 32.7 Å². The summed E-state index contributed by atoms with van der Waals surface area (Å²) in [6.45, 7) is 10.7. The van der Waals surface area contributed by atoms with Gasteiger partial charge in [0.2, 0.25) is 5.91 Å². The van der Waals surface area contributed by atoms with Crippen molar-refractivity contribution in [3.63, 3.8) is 0 Å².